The van der Waals surface area contributed by atoms with Crippen LogP contribution in [0.2, 0.25) is 30.7 Å². The summed E-state index contributed by atoms with van der Waals surface area (Å²) in [5.41, 5.74) is 4.34. The van der Waals surface area contributed by atoms with Gasteiger partial charge in [0.15, 0.2) is 9.84 Å². The van der Waals surface area contributed by atoms with Crippen molar-refractivity contribution in [1.29, 1.82) is 0 Å². The third kappa shape index (κ3) is 6.21. The first-order valence-corrected chi connectivity index (χ1v) is 19.8. The van der Waals surface area contributed by atoms with Crippen LogP contribution in [0.3, 0.4) is 0 Å². The highest BCUT2D eigenvalue weighted by molar-refractivity contribution is 7.92. The van der Waals surface area contributed by atoms with Gasteiger partial charge in [0.1, 0.15) is 34.6 Å². The summed E-state index contributed by atoms with van der Waals surface area (Å²) in [6.07, 6.45) is 5.23. The summed E-state index contributed by atoms with van der Waals surface area (Å²) < 4.78 is 39.0. The zero-order chi connectivity index (χ0) is 29.6. The summed E-state index contributed by atoms with van der Waals surface area (Å²) in [5, 5.41) is 4.74. The Morgan fingerprint density at radius 3 is 2.62 bits per heavy atom. The average Bonchev–Trinajstić information content (AvgIpc) is 3.50. The Kier molecular flexibility index (Phi) is 7.58. The van der Waals surface area contributed by atoms with E-state index in [9.17, 15) is 8.42 Å². The zero-order valence-corrected chi connectivity index (χ0v) is 26.6. The number of nitrogens with zero attached hydrogens (tertiary/aromatic N) is 6. The van der Waals surface area contributed by atoms with Crippen LogP contribution in [0.4, 0.5) is 0 Å². The number of hydrogen-bond donors (Lipinski definition) is 0. The van der Waals surface area contributed by atoms with Crippen molar-refractivity contribution in [3.63, 3.8) is 0 Å². The Hall–Kier alpha value is -3.32. The molecule has 13 heteroatoms. The molecule has 2 aromatic carbocycles. The number of hydrogen-bond acceptors (Lipinski definition) is 8. The molecule has 1 fully saturated rings. The molecule has 1 aliphatic heterocycles. The first-order chi connectivity index (χ1) is 19.9. The predicted molar refractivity (Wildman–Crippen MR) is 167 cm³/mol. The summed E-state index contributed by atoms with van der Waals surface area (Å²) in [7, 11) is -4.04. The molecule has 0 saturated carbocycles. The average molecular weight is 625 g/mol. The van der Waals surface area contributed by atoms with Gasteiger partial charge in [-0.2, -0.15) is 5.10 Å². The molecule has 220 valence electrons. The van der Waals surface area contributed by atoms with Gasteiger partial charge in [-0.1, -0.05) is 31.2 Å². The molecular weight excluding hydrogens is 592 g/mol. The van der Waals surface area contributed by atoms with Crippen LogP contribution in [0.5, 0.6) is 11.5 Å². The van der Waals surface area contributed by atoms with Crippen LogP contribution in [0.1, 0.15) is 5.82 Å². The van der Waals surface area contributed by atoms with Crippen molar-refractivity contribution in [3.8, 4) is 22.8 Å². The van der Waals surface area contributed by atoms with Crippen LogP contribution in [0.15, 0.2) is 48.9 Å². The number of sulfone groups is 1. The van der Waals surface area contributed by atoms with E-state index in [4.69, 9.17) is 26.1 Å². The summed E-state index contributed by atoms with van der Waals surface area (Å²) in [6, 6.07) is 10.5. The number of fused-ring (bicyclic) bond motifs is 2. The monoisotopic (exact) mass is 624 g/mol. The minimum absolute atomic E-state index is 0.0869. The van der Waals surface area contributed by atoms with Crippen molar-refractivity contribution in [1.82, 2.24) is 29.3 Å². The van der Waals surface area contributed by atoms with E-state index in [2.05, 4.69) is 39.3 Å². The maximum atomic E-state index is 11.5. The first kappa shape index (κ1) is 28.8. The second-order valence-electron chi connectivity index (χ2n) is 12.1. The van der Waals surface area contributed by atoms with Crippen molar-refractivity contribution in [2.24, 2.45) is 5.92 Å². The van der Waals surface area contributed by atoms with E-state index in [0.29, 0.717) is 46.5 Å². The second-order valence-corrected chi connectivity index (χ2v) is 20.2. The minimum atomic E-state index is -2.87. The van der Waals surface area contributed by atoms with Crippen molar-refractivity contribution >= 4 is 51.6 Å². The van der Waals surface area contributed by atoms with E-state index >= 15 is 0 Å². The molecule has 0 bridgehead atoms. The van der Waals surface area contributed by atoms with E-state index in [0.717, 1.165) is 35.1 Å². The standard InChI is InChI=1S/C29H33ClN6O4SSi/c1-19-33-23-6-5-22(11-26(23)36(19)18-39-9-10-42(2,3)4)40-27-8-7-24-29(28(27)30)34-25(13-31-24)21-12-32-35(15-21)14-20-16-41(37,38)17-20/h5-8,11-13,15,20H,9-10,14,16-18H2,1-4H3. The molecule has 1 saturated heterocycles. The number of aryl methyl sites for hydroxylation is 1. The largest absolute Gasteiger partial charge is 0.456 e. The summed E-state index contributed by atoms with van der Waals surface area (Å²) in [4.78, 5) is 14.0. The fourth-order valence-electron chi connectivity index (χ4n) is 4.99. The van der Waals surface area contributed by atoms with Crippen LogP contribution in [0, 0.1) is 12.8 Å². The number of benzene rings is 2. The van der Waals surface area contributed by atoms with Gasteiger partial charge >= 0.3 is 0 Å². The fourth-order valence-corrected chi connectivity index (χ4v) is 7.54. The van der Waals surface area contributed by atoms with Crippen LogP contribution in [-0.2, 0) is 27.8 Å². The molecule has 0 atom stereocenters. The van der Waals surface area contributed by atoms with E-state index in [-0.39, 0.29) is 17.4 Å². The van der Waals surface area contributed by atoms with Crippen LogP contribution in [-0.4, -0.2) is 63.9 Å². The molecule has 0 aliphatic carbocycles. The van der Waals surface area contributed by atoms with Gasteiger partial charge in [-0.25, -0.2) is 18.4 Å². The van der Waals surface area contributed by atoms with E-state index in [1.165, 1.54) is 0 Å². The highest BCUT2D eigenvalue weighted by atomic mass is 35.5. The quantitative estimate of drug-likeness (QED) is 0.138. The van der Waals surface area contributed by atoms with Gasteiger partial charge in [0.05, 0.1) is 46.1 Å². The van der Waals surface area contributed by atoms with E-state index in [1.54, 1.807) is 23.1 Å². The maximum absolute atomic E-state index is 11.5. The second kappa shape index (κ2) is 11.1. The molecule has 10 nitrogen and oxygen atoms in total. The lowest BCUT2D eigenvalue weighted by molar-refractivity contribution is 0.0885. The molecule has 5 aromatic rings. The Morgan fingerprint density at radius 2 is 1.86 bits per heavy atom. The molecule has 1 aliphatic rings. The van der Waals surface area contributed by atoms with E-state index < -0.39 is 17.9 Å². The Morgan fingerprint density at radius 1 is 1.07 bits per heavy atom. The Bertz CT molecular complexity index is 1890. The van der Waals surface area contributed by atoms with Gasteiger partial charge in [0.25, 0.3) is 0 Å². The number of ether oxygens (including phenoxy) is 2. The van der Waals surface area contributed by atoms with Crippen molar-refractivity contribution < 1.29 is 17.9 Å². The lowest BCUT2D eigenvalue weighted by Crippen LogP contribution is -2.38. The van der Waals surface area contributed by atoms with Gasteiger partial charge in [-0.05, 0) is 37.2 Å². The summed E-state index contributed by atoms with van der Waals surface area (Å²) in [5.74, 6) is 2.46. The third-order valence-electron chi connectivity index (χ3n) is 7.33. The van der Waals surface area contributed by atoms with Crippen molar-refractivity contribution in [3.05, 3.63) is 59.8 Å². The summed E-state index contributed by atoms with van der Waals surface area (Å²) in [6.45, 7) is 10.7. The molecule has 0 N–H and O–H groups in total. The third-order valence-corrected chi connectivity index (χ3v) is 11.4. The Balaban J connectivity index is 1.21. The van der Waals surface area contributed by atoms with Crippen molar-refractivity contribution in [2.45, 2.75) is 45.9 Å². The lowest BCUT2D eigenvalue weighted by Gasteiger charge is -2.25. The molecule has 0 radical (unpaired) electrons. The molecular formula is C29H33ClN6O4SSi. The molecule has 0 unspecified atom stereocenters. The van der Waals surface area contributed by atoms with E-state index in [1.807, 2.05) is 37.4 Å². The fraction of sp³-hybridized carbons (Fsp3) is 0.379. The predicted octanol–water partition coefficient (Wildman–Crippen LogP) is 5.95. The highest BCUT2D eigenvalue weighted by Gasteiger charge is 2.33. The Labute approximate surface area is 250 Å². The first-order valence-electron chi connectivity index (χ1n) is 13.9. The van der Waals surface area contributed by atoms with Gasteiger partial charge in [-0.3, -0.25) is 9.67 Å². The van der Waals surface area contributed by atoms with Crippen LogP contribution < -0.4 is 4.74 Å². The zero-order valence-electron chi connectivity index (χ0n) is 24.0. The number of imidazole rings is 1. The minimum Gasteiger partial charge on any atom is -0.456 e. The molecule has 4 heterocycles. The normalized spacial score (nSPS) is 15.4. The number of rotatable bonds is 10. The van der Waals surface area contributed by atoms with Gasteiger partial charge in [0, 0.05) is 45.0 Å². The molecule has 6 rings (SSSR count). The lowest BCUT2D eigenvalue weighted by atomic mass is 10.2. The van der Waals surface area contributed by atoms with Gasteiger partial charge in [-0.15, -0.1) is 0 Å². The smallest absolute Gasteiger partial charge is 0.151 e. The van der Waals surface area contributed by atoms with Crippen molar-refractivity contribution in [2.75, 3.05) is 18.1 Å². The van der Waals surface area contributed by atoms with Crippen LogP contribution >= 0.6 is 11.6 Å². The SMILES string of the molecule is Cc1nc2ccc(Oc3ccc4ncc(-c5cnn(CC6CS(=O)(=O)C6)c5)nc4c3Cl)cc2n1COCC[Si](C)(C)C. The molecule has 42 heavy (non-hydrogen) atoms. The summed E-state index contributed by atoms with van der Waals surface area (Å²) >= 11 is 6.81. The highest BCUT2D eigenvalue weighted by Crippen LogP contribution is 2.36. The molecule has 3 aromatic heterocycles. The van der Waals surface area contributed by atoms with Crippen LogP contribution in [0.25, 0.3) is 33.3 Å². The molecule has 0 spiro atoms. The van der Waals surface area contributed by atoms with Gasteiger partial charge < -0.3 is 14.0 Å². The molecule has 0 amide bonds. The number of halogens is 1. The maximum Gasteiger partial charge on any atom is 0.151 e. The van der Waals surface area contributed by atoms with Gasteiger partial charge in [0.2, 0.25) is 0 Å². The number of aromatic nitrogens is 6. The topological polar surface area (TPSA) is 114 Å².